The molecule has 0 saturated heterocycles. The SMILES string of the molecule is CCCNc1ncc(Cl)c(Sc2nccc(=O)[nH]2)n1. The van der Waals surface area contributed by atoms with Gasteiger partial charge in [-0.15, -0.1) is 0 Å². The Hall–Kier alpha value is -1.60. The van der Waals surface area contributed by atoms with Crippen molar-refractivity contribution in [2.75, 3.05) is 11.9 Å². The summed E-state index contributed by atoms with van der Waals surface area (Å²) in [5.74, 6) is 0.507. The number of hydrogen-bond acceptors (Lipinski definition) is 6. The van der Waals surface area contributed by atoms with E-state index in [2.05, 4.69) is 32.2 Å². The molecule has 2 rings (SSSR count). The number of rotatable bonds is 5. The second-order valence-corrected chi connectivity index (χ2v) is 5.00. The molecule has 100 valence electrons. The van der Waals surface area contributed by atoms with Gasteiger partial charge in [-0.1, -0.05) is 18.5 Å². The van der Waals surface area contributed by atoms with Crippen LogP contribution in [0.1, 0.15) is 13.3 Å². The molecule has 8 heteroatoms. The van der Waals surface area contributed by atoms with Crippen molar-refractivity contribution in [3.63, 3.8) is 0 Å². The van der Waals surface area contributed by atoms with E-state index >= 15 is 0 Å². The van der Waals surface area contributed by atoms with Gasteiger partial charge in [0.2, 0.25) is 5.95 Å². The minimum atomic E-state index is -0.216. The van der Waals surface area contributed by atoms with Crippen LogP contribution < -0.4 is 10.9 Å². The van der Waals surface area contributed by atoms with Crippen LogP contribution in [0.5, 0.6) is 0 Å². The molecule has 0 aromatic carbocycles. The monoisotopic (exact) mass is 297 g/mol. The van der Waals surface area contributed by atoms with Gasteiger partial charge in [0, 0.05) is 18.8 Å². The fourth-order valence-electron chi connectivity index (χ4n) is 1.24. The van der Waals surface area contributed by atoms with Crippen molar-refractivity contribution in [3.8, 4) is 0 Å². The number of anilines is 1. The summed E-state index contributed by atoms with van der Waals surface area (Å²) in [6.45, 7) is 2.84. The molecule has 0 aliphatic heterocycles. The topological polar surface area (TPSA) is 83.6 Å². The van der Waals surface area contributed by atoms with Crippen LogP contribution in [-0.2, 0) is 0 Å². The second kappa shape index (κ2) is 6.53. The Balaban J connectivity index is 2.21. The third kappa shape index (κ3) is 3.93. The van der Waals surface area contributed by atoms with Crippen molar-refractivity contribution in [3.05, 3.63) is 33.8 Å². The number of H-pyrrole nitrogens is 1. The van der Waals surface area contributed by atoms with Crippen LogP contribution in [0.4, 0.5) is 5.95 Å². The molecule has 6 nitrogen and oxygen atoms in total. The Bertz CT molecular complexity index is 618. The third-order valence-electron chi connectivity index (χ3n) is 2.09. The zero-order valence-corrected chi connectivity index (χ0v) is 11.8. The fourth-order valence-corrected chi connectivity index (χ4v) is 2.18. The summed E-state index contributed by atoms with van der Waals surface area (Å²) in [5.41, 5.74) is -0.216. The molecular weight excluding hydrogens is 286 g/mol. The van der Waals surface area contributed by atoms with Crippen LogP contribution in [-0.4, -0.2) is 26.5 Å². The van der Waals surface area contributed by atoms with E-state index in [-0.39, 0.29) is 5.56 Å². The fraction of sp³-hybridized carbons (Fsp3) is 0.273. The van der Waals surface area contributed by atoms with E-state index in [0.29, 0.717) is 21.2 Å². The van der Waals surface area contributed by atoms with E-state index in [1.807, 2.05) is 0 Å². The quantitative estimate of drug-likeness (QED) is 0.650. The second-order valence-electron chi connectivity index (χ2n) is 3.61. The van der Waals surface area contributed by atoms with E-state index in [1.165, 1.54) is 30.2 Å². The van der Waals surface area contributed by atoms with Gasteiger partial charge in [0.1, 0.15) is 5.03 Å². The van der Waals surface area contributed by atoms with Crippen molar-refractivity contribution >= 4 is 29.3 Å². The van der Waals surface area contributed by atoms with Crippen LogP contribution in [0, 0.1) is 0 Å². The smallest absolute Gasteiger partial charge is 0.251 e. The van der Waals surface area contributed by atoms with E-state index < -0.39 is 0 Å². The van der Waals surface area contributed by atoms with E-state index in [9.17, 15) is 4.79 Å². The number of aromatic nitrogens is 4. The molecule has 2 aromatic heterocycles. The average molecular weight is 298 g/mol. The Morgan fingerprint density at radius 3 is 3.05 bits per heavy atom. The predicted octanol–water partition coefficient (Wildman–Crippen LogP) is 2.19. The predicted molar refractivity (Wildman–Crippen MR) is 74.8 cm³/mol. The third-order valence-corrected chi connectivity index (χ3v) is 3.38. The maximum absolute atomic E-state index is 11.2. The first-order valence-electron chi connectivity index (χ1n) is 5.68. The molecule has 2 heterocycles. The lowest BCUT2D eigenvalue weighted by Crippen LogP contribution is -2.06. The van der Waals surface area contributed by atoms with Crippen molar-refractivity contribution < 1.29 is 0 Å². The van der Waals surface area contributed by atoms with Crippen molar-refractivity contribution in [2.45, 2.75) is 23.5 Å². The van der Waals surface area contributed by atoms with Crippen molar-refractivity contribution in [1.82, 2.24) is 19.9 Å². The largest absolute Gasteiger partial charge is 0.354 e. The van der Waals surface area contributed by atoms with Crippen LogP contribution in [0.2, 0.25) is 5.02 Å². The zero-order valence-electron chi connectivity index (χ0n) is 10.2. The molecule has 0 fully saturated rings. The Labute approximate surface area is 119 Å². The van der Waals surface area contributed by atoms with Crippen LogP contribution in [0.25, 0.3) is 0 Å². The molecule has 0 atom stereocenters. The normalized spacial score (nSPS) is 10.4. The Morgan fingerprint density at radius 2 is 2.32 bits per heavy atom. The molecule has 0 radical (unpaired) electrons. The lowest BCUT2D eigenvalue weighted by atomic mass is 10.5. The van der Waals surface area contributed by atoms with Crippen LogP contribution in [0.15, 0.2) is 33.4 Å². The van der Waals surface area contributed by atoms with Gasteiger partial charge in [-0.2, -0.15) is 0 Å². The summed E-state index contributed by atoms with van der Waals surface area (Å²) in [5, 5.41) is 4.47. The maximum Gasteiger partial charge on any atom is 0.251 e. The standard InChI is InChI=1S/C11H12ClN5OS/c1-2-4-13-10-15-6-7(12)9(17-10)19-11-14-5-3-8(18)16-11/h3,5-6H,2,4H2,1H3,(H,13,15,17)(H,14,16,18). The minimum Gasteiger partial charge on any atom is -0.354 e. The van der Waals surface area contributed by atoms with Gasteiger partial charge in [-0.25, -0.2) is 15.0 Å². The first-order valence-corrected chi connectivity index (χ1v) is 6.88. The Morgan fingerprint density at radius 1 is 1.47 bits per heavy atom. The van der Waals surface area contributed by atoms with Gasteiger partial charge in [-0.3, -0.25) is 4.79 Å². The Kier molecular flexibility index (Phi) is 4.75. The van der Waals surface area contributed by atoms with Crippen molar-refractivity contribution in [1.29, 1.82) is 0 Å². The molecular formula is C11H12ClN5OS. The van der Waals surface area contributed by atoms with E-state index in [4.69, 9.17) is 11.6 Å². The van der Waals surface area contributed by atoms with Gasteiger partial charge < -0.3 is 10.3 Å². The highest BCUT2D eigenvalue weighted by Crippen LogP contribution is 2.28. The van der Waals surface area contributed by atoms with Crippen LogP contribution >= 0.6 is 23.4 Å². The summed E-state index contributed by atoms with van der Waals surface area (Å²) < 4.78 is 0. The zero-order chi connectivity index (χ0) is 13.7. The first kappa shape index (κ1) is 13.8. The summed E-state index contributed by atoms with van der Waals surface area (Å²) in [7, 11) is 0. The molecule has 0 amide bonds. The molecule has 0 unspecified atom stereocenters. The average Bonchev–Trinajstić information content (AvgIpc) is 2.40. The molecule has 0 bridgehead atoms. The van der Waals surface area contributed by atoms with Crippen LogP contribution in [0.3, 0.4) is 0 Å². The highest BCUT2D eigenvalue weighted by Gasteiger charge is 2.08. The first-order chi connectivity index (χ1) is 9.19. The van der Waals surface area contributed by atoms with Gasteiger partial charge in [0.05, 0.1) is 11.2 Å². The molecule has 2 aromatic rings. The molecule has 0 spiro atoms. The highest BCUT2D eigenvalue weighted by molar-refractivity contribution is 7.99. The van der Waals surface area contributed by atoms with E-state index in [1.54, 1.807) is 0 Å². The maximum atomic E-state index is 11.2. The van der Waals surface area contributed by atoms with Crippen molar-refractivity contribution in [2.24, 2.45) is 0 Å². The molecule has 0 aliphatic rings. The van der Waals surface area contributed by atoms with Gasteiger partial charge in [-0.05, 0) is 18.2 Å². The summed E-state index contributed by atoms with van der Waals surface area (Å²) in [4.78, 5) is 26.2. The number of halogens is 1. The lowest BCUT2D eigenvalue weighted by molar-refractivity contribution is 0.918. The summed E-state index contributed by atoms with van der Waals surface area (Å²) in [6, 6.07) is 1.35. The summed E-state index contributed by atoms with van der Waals surface area (Å²) >= 11 is 7.21. The molecule has 0 aliphatic carbocycles. The molecule has 19 heavy (non-hydrogen) atoms. The van der Waals surface area contributed by atoms with Gasteiger partial charge in [0.15, 0.2) is 5.16 Å². The van der Waals surface area contributed by atoms with E-state index in [0.717, 1.165) is 13.0 Å². The summed E-state index contributed by atoms with van der Waals surface area (Å²) in [6.07, 6.45) is 3.93. The number of aromatic amines is 1. The van der Waals surface area contributed by atoms with Gasteiger partial charge >= 0.3 is 0 Å². The molecule has 0 saturated carbocycles. The number of nitrogens with zero attached hydrogens (tertiary/aromatic N) is 3. The lowest BCUT2D eigenvalue weighted by Gasteiger charge is -2.06. The minimum absolute atomic E-state index is 0.216. The van der Waals surface area contributed by atoms with Gasteiger partial charge in [0.25, 0.3) is 5.56 Å². The highest BCUT2D eigenvalue weighted by atomic mass is 35.5. The number of hydrogen-bond donors (Lipinski definition) is 2. The number of nitrogens with one attached hydrogen (secondary N) is 2. The molecule has 2 N–H and O–H groups in total.